The molecule has 0 saturated carbocycles. The Morgan fingerprint density at radius 1 is 1.58 bits per heavy atom. The van der Waals surface area contributed by atoms with Crippen LogP contribution < -0.4 is 4.72 Å². The minimum atomic E-state index is -3.10. The molecular weight excluding hydrogens is 246 g/mol. The van der Waals surface area contributed by atoms with Gasteiger partial charge in [-0.15, -0.1) is 0 Å². The zero-order chi connectivity index (χ0) is 9.03. The molecule has 12 heavy (non-hydrogen) atoms. The fourth-order valence-electron chi connectivity index (χ4n) is 1.03. The molecule has 1 fully saturated rings. The summed E-state index contributed by atoms with van der Waals surface area (Å²) >= 11 is 2.90. The molecule has 1 aliphatic rings. The molecule has 0 aliphatic carbocycles. The van der Waals surface area contributed by atoms with Gasteiger partial charge in [0.2, 0.25) is 10.0 Å². The van der Waals surface area contributed by atoms with E-state index in [-0.39, 0.29) is 4.66 Å². The third-order valence-corrected chi connectivity index (χ3v) is 4.46. The number of hydrogen-bond acceptors (Lipinski definition) is 3. The standard InChI is InChI=1S/C6H12BrNO3S/c7-5-12(9,10)8-3-6-1-2-11-4-6/h6,8H,1-5H2. The largest absolute Gasteiger partial charge is 0.381 e. The van der Waals surface area contributed by atoms with Crippen LogP contribution in [0.2, 0.25) is 0 Å². The summed E-state index contributed by atoms with van der Waals surface area (Å²) in [4.78, 5) is 0. The van der Waals surface area contributed by atoms with E-state index < -0.39 is 10.0 Å². The van der Waals surface area contributed by atoms with Gasteiger partial charge in [-0.3, -0.25) is 0 Å². The lowest BCUT2D eigenvalue weighted by atomic mass is 10.1. The zero-order valence-electron chi connectivity index (χ0n) is 6.62. The molecule has 1 saturated heterocycles. The van der Waals surface area contributed by atoms with Crippen LogP contribution in [0.4, 0.5) is 0 Å². The second-order valence-corrected chi connectivity index (χ2v) is 5.91. The van der Waals surface area contributed by atoms with Gasteiger partial charge in [0.1, 0.15) is 4.66 Å². The highest BCUT2D eigenvalue weighted by Gasteiger charge is 2.17. The van der Waals surface area contributed by atoms with Crippen LogP contribution in [0.3, 0.4) is 0 Å². The Bertz CT molecular complexity index is 223. The first-order chi connectivity index (χ1) is 5.64. The lowest BCUT2D eigenvalue weighted by Gasteiger charge is -2.07. The van der Waals surface area contributed by atoms with E-state index >= 15 is 0 Å². The van der Waals surface area contributed by atoms with Gasteiger partial charge >= 0.3 is 0 Å². The van der Waals surface area contributed by atoms with Crippen LogP contribution in [0.5, 0.6) is 0 Å². The summed E-state index contributed by atoms with van der Waals surface area (Å²) in [6.07, 6.45) is 0.949. The first-order valence-electron chi connectivity index (χ1n) is 3.75. The Hall–Kier alpha value is 0.350. The quantitative estimate of drug-likeness (QED) is 0.737. The van der Waals surface area contributed by atoms with Crippen LogP contribution in [0, 0.1) is 5.92 Å². The van der Waals surface area contributed by atoms with Crippen LogP contribution in [0.25, 0.3) is 0 Å². The van der Waals surface area contributed by atoms with Crippen molar-refractivity contribution in [1.82, 2.24) is 4.72 Å². The van der Waals surface area contributed by atoms with Crippen molar-refractivity contribution >= 4 is 26.0 Å². The Morgan fingerprint density at radius 3 is 2.83 bits per heavy atom. The van der Waals surface area contributed by atoms with E-state index in [0.717, 1.165) is 13.0 Å². The molecule has 1 rings (SSSR count). The van der Waals surface area contributed by atoms with Gasteiger partial charge in [-0.25, -0.2) is 13.1 Å². The van der Waals surface area contributed by atoms with Gasteiger partial charge in [0.25, 0.3) is 0 Å². The highest BCUT2D eigenvalue weighted by atomic mass is 79.9. The van der Waals surface area contributed by atoms with Crippen molar-refractivity contribution < 1.29 is 13.2 Å². The maximum absolute atomic E-state index is 11.0. The van der Waals surface area contributed by atoms with E-state index in [4.69, 9.17) is 4.74 Å². The zero-order valence-corrected chi connectivity index (χ0v) is 9.03. The summed E-state index contributed by atoms with van der Waals surface area (Å²) in [5.41, 5.74) is 0. The predicted molar refractivity (Wildman–Crippen MR) is 49.6 cm³/mol. The molecule has 1 aliphatic heterocycles. The number of alkyl halides is 1. The van der Waals surface area contributed by atoms with Gasteiger partial charge in [0.05, 0.1) is 6.61 Å². The average Bonchev–Trinajstić information content (AvgIpc) is 2.53. The van der Waals surface area contributed by atoms with E-state index in [1.54, 1.807) is 0 Å². The minimum Gasteiger partial charge on any atom is -0.381 e. The molecule has 0 radical (unpaired) electrons. The molecule has 0 aromatic heterocycles. The number of nitrogens with one attached hydrogen (secondary N) is 1. The molecule has 1 atom stereocenters. The van der Waals surface area contributed by atoms with Gasteiger partial charge in [0.15, 0.2) is 0 Å². The molecule has 0 aromatic carbocycles. The lowest BCUT2D eigenvalue weighted by Crippen LogP contribution is -2.30. The van der Waals surface area contributed by atoms with Crippen molar-refractivity contribution in [2.45, 2.75) is 6.42 Å². The van der Waals surface area contributed by atoms with E-state index in [0.29, 0.717) is 19.1 Å². The predicted octanol–water partition coefficient (Wildman–Crippen LogP) is 0.295. The summed E-state index contributed by atoms with van der Waals surface area (Å²) in [6.45, 7) is 1.92. The summed E-state index contributed by atoms with van der Waals surface area (Å²) in [5.74, 6) is 0.346. The molecule has 4 nitrogen and oxygen atoms in total. The number of halogens is 1. The van der Waals surface area contributed by atoms with Gasteiger partial charge in [-0.1, -0.05) is 15.9 Å². The second-order valence-electron chi connectivity index (χ2n) is 2.80. The van der Waals surface area contributed by atoms with Crippen molar-refractivity contribution in [3.8, 4) is 0 Å². The second kappa shape index (κ2) is 4.55. The third kappa shape index (κ3) is 3.38. The summed E-state index contributed by atoms with van der Waals surface area (Å²) in [6, 6.07) is 0. The number of hydrogen-bond donors (Lipinski definition) is 1. The smallest absolute Gasteiger partial charge is 0.221 e. The van der Waals surface area contributed by atoms with Crippen molar-refractivity contribution in [3.05, 3.63) is 0 Å². The first kappa shape index (κ1) is 10.4. The Balaban J connectivity index is 2.25. The van der Waals surface area contributed by atoms with Crippen molar-refractivity contribution in [1.29, 1.82) is 0 Å². The minimum absolute atomic E-state index is 0.0341. The van der Waals surface area contributed by atoms with Crippen molar-refractivity contribution in [2.24, 2.45) is 5.92 Å². The summed E-state index contributed by atoms with van der Waals surface area (Å²) < 4.78 is 29.5. The third-order valence-electron chi connectivity index (χ3n) is 1.76. The monoisotopic (exact) mass is 257 g/mol. The summed E-state index contributed by atoms with van der Waals surface area (Å²) in [7, 11) is -3.10. The molecular formula is C6H12BrNO3S. The van der Waals surface area contributed by atoms with Gasteiger partial charge < -0.3 is 4.74 Å². The average molecular weight is 258 g/mol. The van der Waals surface area contributed by atoms with E-state index in [9.17, 15) is 8.42 Å². The maximum Gasteiger partial charge on any atom is 0.221 e. The van der Waals surface area contributed by atoms with E-state index in [2.05, 4.69) is 20.7 Å². The van der Waals surface area contributed by atoms with E-state index in [1.165, 1.54) is 0 Å². The first-order valence-corrected chi connectivity index (χ1v) is 6.52. The van der Waals surface area contributed by atoms with E-state index in [1.807, 2.05) is 0 Å². The molecule has 1 heterocycles. The molecule has 0 aromatic rings. The Kier molecular flexibility index (Phi) is 3.95. The highest BCUT2D eigenvalue weighted by molar-refractivity contribution is 9.10. The fourth-order valence-corrected chi connectivity index (χ4v) is 2.08. The summed E-state index contributed by atoms with van der Waals surface area (Å²) in [5, 5.41) is 0. The molecule has 0 bridgehead atoms. The Labute approximate surface area is 80.8 Å². The van der Waals surface area contributed by atoms with Crippen molar-refractivity contribution in [3.63, 3.8) is 0 Å². The van der Waals surface area contributed by atoms with Crippen LogP contribution in [0.15, 0.2) is 0 Å². The highest BCUT2D eigenvalue weighted by Crippen LogP contribution is 2.11. The van der Waals surface area contributed by atoms with Crippen LogP contribution >= 0.6 is 15.9 Å². The fraction of sp³-hybridized carbons (Fsp3) is 1.00. The van der Waals surface area contributed by atoms with Crippen molar-refractivity contribution in [2.75, 3.05) is 24.4 Å². The molecule has 1 unspecified atom stereocenters. The molecule has 72 valence electrons. The number of ether oxygens (including phenoxy) is 1. The van der Waals surface area contributed by atoms with Gasteiger partial charge in [-0.05, 0) is 12.3 Å². The molecule has 6 heteroatoms. The molecule has 1 N–H and O–H groups in total. The van der Waals surface area contributed by atoms with Gasteiger partial charge in [0, 0.05) is 13.2 Å². The number of sulfonamides is 1. The topological polar surface area (TPSA) is 55.4 Å². The lowest BCUT2D eigenvalue weighted by molar-refractivity contribution is 0.186. The van der Waals surface area contributed by atoms with Crippen LogP contribution in [-0.4, -0.2) is 32.8 Å². The van der Waals surface area contributed by atoms with Crippen LogP contribution in [0.1, 0.15) is 6.42 Å². The maximum atomic E-state index is 11.0. The number of rotatable bonds is 4. The van der Waals surface area contributed by atoms with Crippen LogP contribution in [-0.2, 0) is 14.8 Å². The Morgan fingerprint density at radius 2 is 2.33 bits per heavy atom. The van der Waals surface area contributed by atoms with Gasteiger partial charge in [-0.2, -0.15) is 0 Å². The SMILES string of the molecule is O=S(=O)(CBr)NCC1CCOC1. The molecule has 0 amide bonds. The normalized spacial score (nSPS) is 24.6. The molecule has 0 spiro atoms.